The van der Waals surface area contributed by atoms with Gasteiger partial charge in [0.25, 0.3) is 5.91 Å². The minimum Gasteiger partial charge on any atom is -0.327 e. The van der Waals surface area contributed by atoms with Crippen molar-refractivity contribution in [2.45, 2.75) is 18.9 Å². The summed E-state index contributed by atoms with van der Waals surface area (Å²) in [7, 11) is 0. The van der Waals surface area contributed by atoms with Gasteiger partial charge in [-0.15, -0.1) is 10.2 Å². The fraction of sp³-hybridized carbons (Fsp3) is 0.167. The summed E-state index contributed by atoms with van der Waals surface area (Å²) in [5.41, 5.74) is 1.54. The first kappa shape index (κ1) is 20.8. The molecule has 0 radical (unpaired) electrons. The molecule has 2 heterocycles. The number of carbonyl (C=O) groups is 2. The summed E-state index contributed by atoms with van der Waals surface area (Å²) in [6, 6.07) is 20.7. The molecule has 32 heavy (non-hydrogen) atoms. The van der Waals surface area contributed by atoms with E-state index in [0.717, 1.165) is 32.2 Å². The number of rotatable bonds is 4. The van der Waals surface area contributed by atoms with Gasteiger partial charge in [-0.05, 0) is 41.8 Å². The number of benzene rings is 3. The van der Waals surface area contributed by atoms with Crippen LogP contribution < -0.4 is 5.32 Å². The average Bonchev–Trinajstić information content (AvgIpc) is 3.48. The molecule has 0 saturated carbocycles. The van der Waals surface area contributed by atoms with Gasteiger partial charge < -0.3 is 4.90 Å². The van der Waals surface area contributed by atoms with Crippen molar-refractivity contribution in [1.29, 1.82) is 0 Å². The standard InChI is InChI=1S/C24H19BrN4O2S/c25-17-9-3-8-16(14-17)22-27-28-24(32-22)26-21(30)20-12-5-13-29(20)23(31)19-11-4-7-15-6-1-2-10-18(15)19/h1-4,6-11,14,20H,5,12-13H2,(H,26,28,30). The van der Waals surface area contributed by atoms with Crippen LogP contribution in [0.25, 0.3) is 21.3 Å². The lowest BCUT2D eigenvalue weighted by Crippen LogP contribution is -2.43. The number of nitrogens with zero attached hydrogens (tertiary/aromatic N) is 3. The van der Waals surface area contributed by atoms with Crippen LogP contribution in [0, 0.1) is 0 Å². The van der Waals surface area contributed by atoms with Gasteiger partial charge in [-0.3, -0.25) is 14.9 Å². The Morgan fingerprint density at radius 2 is 1.84 bits per heavy atom. The lowest BCUT2D eigenvalue weighted by Gasteiger charge is -2.24. The Kier molecular flexibility index (Phi) is 5.71. The van der Waals surface area contributed by atoms with Crippen LogP contribution in [0.5, 0.6) is 0 Å². The number of anilines is 1. The number of fused-ring (bicyclic) bond motifs is 1. The van der Waals surface area contributed by atoms with Crippen LogP contribution in [0.3, 0.4) is 0 Å². The normalized spacial score (nSPS) is 15.8. The van der Waals surface area contributed by atoms with Crippen LogP contribution in [0.4, 0.5) is 5.13 Å². The number of aromatic nitrogens is 2. The zero-order valence-electron chi connectivity index (χ0n) is 17.0. The third kappa shape index (κ3) is 4.03. The third-order valence-electron chi connectivity index (χ3n) is 5.56. The maximum absolute atomic E-state index is 13.4. The largest absolute Gasteiger partial charge is 0.327 e. The molecule has 160 valence electrons. The first-order chi connectivity index (χ1) is 15.6. The van der Waals surface area contributed by atoms with E-state index in [2.05, 4.69) is 31.4 Å². The molecule has 3 aromatic carbocycles. The van der Waals surface area contributed by atoms with Crippen molar-refractivity contribution in [3.63, 3.8) is 0 Å². The van der Waals surface area contributed by atoms with Crippen LogP contribution in [0.1, 0.15) is 23.2 Å². The van der Waals surface area contributed by atoms with E-state index in [1.807, 2.05) is 66.7 Å². The van der Waals surface area contributed by atoms with Crippen molar-refractivity contribution in [2.75, 3.05) is 11.9 Å². The van der Waals surface area contributed by atoms with E-state index in [9.17, 15) is 9.59 Å². The predicted molar refractivity (Wildman–Crippen MR) is 130 cm³/mol. The molecular weight excluding hydrogens is 488 g/mol. The highest BCUT2D eigenvalue weighted by Crippen LogP contribution is 2.30. The average molecular weight is 507 g/mol. The fourth-order valence-electron chi connectivity index (χ4n) is 4.05. The molecule has 0 aliphatic carbocycles. The fourth-order valence-corrected chi connectivity index (χ4v) is 5.19. The first-order valence-electron chi connectivity index (χ1n) is 10.3. The molecule has 1 aromatic heterocycles. The molecule has 4 aromatic rings. The van der Waals surface area contributed by atoms with Gasteiger partial charge in [0.05, 0.1) is 0 Å². The summed E-state index contributed by atoms with van der Waals surface area (Å²) < 4.78 is 0.948. The smallest absolute Gasteiger partial charge is 0.255 e. The molecule has 1 saturated heterocycles. The van der Waals surface area contributed by atoms with Crippen molar-refractivity contribution in [3.8, 4) is 10.6 Å². The Hall–Kier alpha value is -3.10. The van der Waals surface area contributed by atoms with Gasteiger partial charge in [-0.25, -0.2) is 0 Å². The zero-order valence-corrected chi connectivity index (χ0v) is 19.4. The summed E-state index contributed by atoms with van der Waals surface area (Å²) in [6.45, 7) is 0.555. The lowest BCUT2D eigenvalue weighted by atomic mass is 10.0. The second-order valence-electron chi connectivity index (χ2n) is 7.60. The topological polar surface area (TPSA) is 75.2 Å². The number of carbonyl (C=O) groups excluding carboxylic acids is 2. The van der Waals surface area contributed by atoms with Crippen molar-refractivity contribution in [3.05, 3.63) is 76.8 Å². The van der Waals surface area contributed by atoms with Crippen molar-refractivity contribution >= 4 is 55.0 Å². The Balaban J connectivity index is 1.34. The molecule has 1 fully saturated rings. The minimum atomic E-state index is -0.528. The van der Waals surface area contributed by atoms with Crippen molar-refractivity contribution < 1.29 is 9.59 Å². The van der Waals surface area contributed by atoms with Crippen molar-refractivity contribution in [1.82, 2.24) is 15.1 Å². The Bertz CT molecular complexity index is 1320. The van der Waals surface area contributed by atoms with Crippen LogP contribution in [-0.4, -0.2) is 39.5 Å². The number of amides is 2. The van der Waals surface area contributed by atoms with Gasteiger partial charge in [-0.2, -0.15) is 0 Å². The number of nitrogens with one attached hydrogen (secondary N) is 1. The number of halogens is 1. The molecule has 1 aliphatic heterocycles. The summed E-state index contributed by atoms with van der Waals surface area (Å²) in [5, 5.41) is 14.2. The summed E-state index contributed by atoms with van der Waals surface area (Å²) in [5.74, 6) is -0.348. The summed E-state index contributed by atoms with van der Waals surface area (Å²) in [4.78, 5) is 28.1. The second kappa shape index (κ2) is 8.80. The summed E-state index contributed by atoms with van der Waals surface area (Å²) in [6.07, 6.45) is 1.41. The van der Waals surface area contributed by atoms with Gasteiger partial charge in [0, 0.05) is 22.1 Å². The van der Waals surface area contributed by atoms with E-state index in [1.165, 1.54) is 11.3 Å². The van der Waals surface area contributed by atoms with Crippen LogP contribution >= 0.6 is 27.3 Å². The molecule has 1 aliphatic rings. The molecule has 0 spiro atoms. The molecular formula is C24H19BrN4O2S. The van der Waals surface area contributed by atoms with Gasteiger partial charge in [0.2, 0.25) is 11.0 Å². The van der Waals surface area contributed by atoms with E-state index in [1.54, 1.807) is 4.90 Å². The molecule has 8 heteroatoms. The molecule has 1 atom stereocenters. The highest BCUT2D eigenvalue weighted by Gasteiger charge is 2.35. The van der Waals surface area contributed by atoms with Crippen LogP contribution in [0.15, 0.2) is 71.2 Å². The molecule has 1 N–H and O–H groups in total. The number of hydrogen-bond donors (Lipinski definition) is 1. The van der Waals surface area contributed by atoms with Crippen LogP contribution in [0.2, 0.25) is 0 Å². The second-order valence-corrected chi connectivity index (χ2v) is 9.49. The van der Waals surface area contributed by atoms with E-state index in [-0.39, 0.29) is 11.8 Å². The highest BCUT2D eigenvalue weighted by molar-refractivity contribution is 9.10. The van der Waals surface area contributed by atoms with E-state index < -0.39 is 6.04 Å². The maximum Gasteiger partial charge on any atom is 0.255 e. The minimum absolute atomic E-state index is 0.119. The monoisotopic (exact) mass is 506 g/mol. The number of hydrogen-bond acceptors (Lipinski definition) is 5. The Morgan fingerprint density at radius 1 is 1.03 bits per heavy atom. The molecule has 1 unspecified atom stereocenters. The Labute approximate surface area is 197 Å². The molecule has 5 rings (SSSR count). The third-order valence-corrected chi connectivity index (χ3v) is 6.94. The highest BCUT2D eigenvalue weighted by atomic mass is 79.9. The van der Waals surface area contributed by atoms with Gasteiger partial charge in [0.1, 0.15) is 11.0 Å². The first-order valence-corrected chi connectivity index (χ1v) is 11.9. The van der Waals surface area contributed by atoms with E-state index in [4.69, 9.17) is 0 Å². The van der Waals surface area contributed by atoms with Crippen LogP contribution in [-0.2, 0) is 4.79 Å². The van der Waals surface area contributed by atoms with E-state index in [0.29, 0.717) is 23.7 Å². The van der Waals surface area contributed by atoms with E-state index >= 15 is 0 Å². The number of likely N-dealkylation sites (tertiary alicyclic amines) is 1. The van der Waals surface area contributed by atoms with Gasteiger partial charge in [0.15, 0.2) is 0 Å². The summed E-state index contributed by atoms with van der Waals surface area (Å²) >= 11 is 4.77. The molecule has 0 bridgehead atoms. The zero-order chi connectivity index (χ0) is 22.1. The SMILES string of the molecule is O=C(Nc1nnc(-c2cccc(Br)c2)s1)C1CCCN1C(=O)c1cccc2ccccc12. The predicted octanol–water partition coefficient (Wildman–Crippen LogP) is 5.36. The Morgan fingerprint density at radius 3 is 2.72 bits per heavy atom. The lowest BCUT2D eigenvalue weighted by molar-refractivity contribution is -0.119. The van der Waals surface area contributed by atoms with Gasteiger partial charge >= 0.3 is 0 Å². The molecule has 2 amide bonds. The maximum atomic E-state index is 13.4. The molecule has 6 nitrogen and oxygen atoms in total. The van der Waals surface area contributed by atoms with Gasteiger partial charge in [-0.1, -0.05) is 75.8 Å². The quantitative estimate of drug-likeness (QED) is 0.404. The van der Waals surface area contributed by atoms with Crippen molar-refractivity contribution in [2.24, 2.45) is 0 Å².